The van der Waals surface area contributed by atoms with Crippen molar-refractivity contribution in [3.8, 4) is 0 Å². The van der Waals surface area contributed by atoms with Crippen LogP contribution >= 0.6 is 11.8 Å². The molecule has 3 nitrogen and oxygen atoms in total. The number of benzene rings is 2. The van der Waals surface area contributed by atoms with Crippen LogP contribution in [0.25, 0.3) is 11.0 Å². The molecule has 1 aliphatic heterocycles. The van der Waals surface area contributed by atoms with E-state index in [1.807, 2.05) is 30.3 Å². The smallest absolute Gasteiger partial charge is 0.238 e. The van der Waals surface area contributed by atoms with Gasteiger partial charge in [-0.3, -0.25) is 9.69 Å². The molecule has 3 aromatic rings. The van der Waals surface area contributed by atoms with Crippen LogP contribution in [0.1, 0.15) is 11.1 Å². The van der Waals surface area contributed by atoms with Gasteiger partial charge in [0.1, 0.15) is 22.5 Å². The summed E-state index contributed by atoms with van der Waals surface area (Å²) in [5.41, 5.74) is 1.48. The minimum atomic E-state index is -0.316. The molecule has 2 heterocycles. The summed E-state index contributed by atoms with van der Waals surface area (Å²) in [7, 11) is 0. The number of nitrogens with zero attached hydrogens (tertiary/aromatic N) is 1. The summed E-state index contributed by atoms with van der Waals surface area (Å²) in [6.45, 7) is 0. The van der Waals surface area contributed by atoms with Gasteiger partial charge >= 0.3 is 0 Å². The second kappa shape index (κ2) is 5.18. The third kappa shape index (κ3) is 2.18. The molecular weight excluding hydrogens is 301 g/mol. The summed E-state index contributed by atoms with van der Waals surface area (Å²) in [5.74, 6) is 0.811. The van der Waals surface area contributed by atoms with Gasteiger partial charge in [0.15, 0.2) is 0 Å². The fraction of sp³-hybridized carbons (Fsp3) is 0.118. The quantitative estimate of drug-likeness (QED) is 0.705. The molecule has 0 spiro atoms. The lowest BCUT2D eigenvalue weighted by atomic mass is 10.2. The Morgan fingerprint density at radius 1 is 1.14 bits per heavy atom. The average molecular weight is 313 g/mol. The molecule has 0 radical (unpaired) electrons. The molecule has 1 atom stereocenters. The number of furan rings is 1. The van der Waals surface area contributed by atoms with Crippen LogP contribution in [0.2, 0.25) is 0 Å². The number of hydrogen-bond donors (Lipinski definition) is 0. The van der Waals surface area contributed by atoms with E-state index in [9.17, 15) is 9.18 Å². The van der Waals surface area contributed by atoms with Crippen molar-refractivity contribution in [2.24, 2.45) is 0 Å². The average Bonchev–Trinajstić information content (AvgIpc) is 3.11. The largest absolute Gasteiger partial charge is 0.458 e. The minimum Gasteiger partial charge on any atom is -0.458 e. The lowest BCUT2D eigenvalue weighted by Gasteiger charge is -2.22. The Kier molecular flexibility index (Phi) is 3.15. The van der Waals surface area contributed by atoms with Gasteiger partial charge in [0, 0.05) is 11.1 Å². The predicted octanol–water partition coefficient (Wildman–Crippen LogP) is 4.35. The molecule has 22 heavy (non-hydrogen) atoms. The molecule has 1 aromatic heterocycles. The van der Waals surface area contributed by atoms with Crippen molar-refractivity contribution < 1.29 is 13.6 Å². The van der Waals surface area contributed by atoms with E-state index in [-0.39, 0.29) is 17.1 Å². The number of fused-ring (bicyclic) bond motifs is 1. The first kappa shape index (κ1) is 13.4. The van der Waals surface area contributed by atoms with Gasteiger partial charge in [-0.2, -0.15) is 0 Å². The van der Waals surface area contributed by atoms with Crippen molar-refractivity contribution in [1.29, 1.82) is 0 Å². The number of hydrogen-bond acceptors (Lipinski definition) is 3. The standard InChI is InChI=1S/C17H12FNO2S/c18-12-5-7-13(8-6-12)19-16(20)10-22-17(19)15-9-11-3-1-2-4-14(11)21-15/h1-9,17H,10H2. The van der Waals surface area contributed by atoms with Crippen LogP contribution in [0, 0.1) is 5.82 Å². The lowest BCUT2D eigenvalue weighted by molar-refractivity contribution is -0.115. The van der Waals surface area contributed by atoms with Crippen LogP contribution in [0.15, 0.2) is 59.0 Å². The normalized spacial score (nSPS) is 18.3. The molecule has 1 amide bonds. The van der Waals surface area contributed by atoms with Gasteiger partial charge in [-0.05, 0) is 36.4 Å². The van der Waals surface area contributed by atoms with E-state index in [0.717, 1.165) is 16.7 Å². The van der Waals surface area contributed by atoms with E-state index in [2.05, 4.69) is 0 Å². The van der Waals surface area contributed by atoms with Crippen LogP contribution in [-0.2, 0) is 4.79 Å². The summed E-state index contributed by atoms with van der Waals surface area (Å²) < 4.78 is 19.0. The van der Waals surface area contributed by atoms with Crippen molar-refractivity contribution in [2.45, 2.75) is 5.37 Å². The highest BCUT2D eigenvalue weighted by Crippen LogP contribution is 2.43. The minimum absolute atomic E-state index is 0.00191. The number of amides is 1. The Hall–Kier alpha value is -2.27. The molecular formula is C17H12FNO2S. The zero-order valence-electron chi connectivity index (χ0n) is 11.5. The van der Waals surface area contributed by atoms with Gasteiger partial charge in [0.25, 0.3) is 0 Å². The van der Waals surface area contributed by atoms with Crippen LogP contribution in [0.3, 0.4) is 0 Å². The highest BCUT2D eigenvalue weighted by molar-refractivity contribution is 8.00. The molecule has 5 heteroatoms. The Balaban J connectivity index is 1.76. The van der Waals surface area contributed by atoms with E-state index in [0.29, 0.717) is 11.4 Å². The second-order valence-electron chi connectivity index (χ2n) is 5.09. The van der Waals surface area contributed by atoms with Gasteiger partial charge in [0.05, 0.1) is 5.75 Å². The van der Waals surface area contributed by atoms with E-state index < -0.39 is 0 Å². The van der Waals surface area contributed by atoms with E-state index >= 15 is 0 Å². The first-order chi connectivity index (χ1) is 10.7. The number of thioether (sulfide) groups is 1. The fourth-order valence-electron chi connectivity index (χ4n) is 2.64. The number of para-hydroxylation sites is 1. The van der Waals surface area contributed by atoms with E-state index in [1.165, 1.54) is 23.9 Å². The molecule has 0 saturated carbocycles. The predicted molar refractivity (Wildman–Crippen MR) is 85.3 cm³/mol. The zero-order chi connectivity index (χ0) is 15.1. The maximum Gasteiger partial charge on any atom is 0.238 e. The Morgan fingerprint density at radius 3 is 2.68 bits per heavy atom. The first-order valence-corrected chi connectivity index (χ1v) is 7.95. The molecule has 4 rings (SSSR count). The van der Waals surface area contributed by atoms with E-state index in [1.54, 1.807) is 17.0 Å². The first-order valence-electron chi connectivity index (χ1n) is 6.90. The lowest BCUT2D eigenvalue weighted by Crippen LogP contribution is -2.27. The Morgan fingerprint density at radius 2 is 1.91 bits per heavy atom. The number of anilines is 1. The molecule has 1 unspecified atom stereocenters. The molecule has 0 bridgehead atoms. The monoisotopic (exact) mass is 313 g/mol. The number of rotatable bonds is 2. The van der Waals surface area contributed by atoms with Crippen molar-refractivity contribution in [3.05, 3.63) is 66.2 Å². The van der Waals surface area contributed by atoms with Gasteiger partial charge in [-0.1, -0.05) is 18.2 Å². The Labute approximate surface area is 130 Å². The number of carbonyl (C=O) groups excluding carboxylic acids is 1. The van der Waals surface area contributed by atoms with Gasteiger partial charge < -0.3 is 4.42 Å². The molecule has 1 aliphatic rings. The molecule has 110 valence electrons. The maximum atomic E-state index is 13.1. The molecule has 0 N–H and O–H groups in total. The van der Waals surface area contributed by atoms with Crippen LogP contribution in [-0.4, -0.2) is 11.7 Å². The van der Waals surface area contributed by atoms with Crippen LogP contribution < -0.4 is 4.90 Å². The summed E-state index contributed by atoms with van der Waals surface area (Å²) in [6.07, 6.45) is 0. The third-order valence-electron chi connectivity index (χ3n) is 3.66. The van der Waals surface area contributed by atoms with Gasteiger partial charge in [-0.15, -0.1) is 11.8 Å². The summed E-state index contributed by atoms with van der Waals surface area (Å²) in [4.78, 5) is 13.9. The fourth-order valence-corrected chi connectivity index (χ4v) is 3.75. The third-order valence-corrected chi connectivity index (χ3v) is 4.83. The summed E-state index contributed by atoms with van der Waals surface area (Å²) in [6, 6.07) is 15.7. The zero-order valence-corrected chi connectivity index (χ0v) is 12.3. The highest BCUT2D eigenvalue weighted by atomic mass is 32.2. The molecule has 1 fully saturated rings. The van der Waals surface area contributed by atoms with Gasteiger partial charge in [0.2, 0.25) is 5.91 Å². The van der Waals surface area contributed by atoms with Crippen molar-refractivity contribution in [3.63, 3.8) is 0 Å². The SMILES string of the molecule is O=C1CSC(c2cc3ccccc3o2)N1c1ccc(F)cc1. The maximum absolute atomic E-state index is 13.1. The van der Waals surface area contributed by atoms with Gasteiger partial charge in [-0.25, -0.2) is 4.39 Å². The van der Waals surface area contributed by atoms with Crippen molar-refractivity contribution in [2.75, 3.05) is 10.7 Å². The molecule has 2 aromatic carbocycles. The number of halogens is 1. The summed E-state index contributed by atoms with van der Waals surface area (Å²) in [5, 5.41) is 0.793. The van der Waals surface area contributed by atoms with Crippen LogP contribution in [0.5, 0.6) is 0 Å². The van der Waals surface area contributed by atoms with Crippen molar-refractivity contribution >= 4 is 34.3 Å². The summed E-state index contributed by atoms with van der Waals surface area (Å²) >= 11 is 1.51. The second-order valence-corrected chi connectivity index (χ2v) is 6.16. The topological polar surface area (TPSA) is 33.5 Å². The molecule has 0 aliphatic carbocycles. The Bertz CT molecular complexity index is 810. The van der Waals surface area contributed by atoms with E-state index in [4.69, 9.17) is 4.42 Å². The number of carbonyl (C=O) groups is 1. The molecule has 1 saturated heterocycles. The van der Waals surface area contributed by atoms with Crippen molar-refractivity contribution in [1.82, 2.24) is 0 Å². The highest BCUT2D eigenvalue weighted by Gasteiger charge is 2.36. The van der Waals surface area contributed by atoms with Crippen LogP contribution in [0.4, 0.5) is 10.1 Å².